The first-order valence-corrected chi connectivity index (χ1v) is 7.69. The Labute approximate surface area is 134 Å². The molecule has 0 saturated carbocycles. The van der Waals surface area contributed by atoms with Gasteiger partial charge in [0.15, 0.2) is 0 Å². The average molecular weight is 351 g/mol. The summed E-state index contributed by atoms with van der Waals surface area (Å²) in [6.07, 6.45) is 0. The molecule has 0 radical (unpaired) electrons. The van der Waals surface area contributed by atoms with E-state index in [1.54, 1.807) is 14.2 Å². The molecule has 0 aliphatic rings. The number of hydrogen-bond donors (Lipinski definition) is 0. The molecular formula is C17H19BrO3. The van der Waals surface area contributed by atoms with Gasteiger partial charge in [0.25, 0.3) is 0 Å². The Morgan fingerprint density at radius 2 is 1.43 bits per heavy atom. The highest BCUT2D eigenvalue weighted by atomic mass is 79.9. The van der Waals surface area contributed by atoms with Crippen LogP contribution in [0.15, 0.2) is 42.5 Å². The van der Waals surface area contributed by atoms with Crippen LogP contribution in [0.3, 0.4) is 0 Å². The number of halogens is 1. The number of alkyl halides is 1. The minimum atomic E-state index is 0.0668. The van der Waals surface area contributed by atoms with Crippen molar-refractivity contribution in [2.24, 2.45) is 0 Å². The summed E-state index contributed by atoms with van der Waals surface area (Å²) in [4.78, 5) is 0.0668. The Balaban J connectivity index is 2.28. The van der Waals surface area contributed by atoms with E-state index < -0.39 is 0 Å². The fourth-order valence-electron chi connectivity index (χ4n) is 2.07. The average Bonchev–Trinajstić information content (AvgIpc) is 2.54. The molecule has 1 atom stereocenters. The van der Waals surface area contributed by atoms with Gasteiger partial charge in [0.2, 0.25) is 0 Å². The summed E-state index contributed by atoms with van der Waals surface area (Å²) in [6.45, 7) is 2.65. The first-order chi connectivity index (χ1) is 10.2. The zero-order valence-corrected chi connectivity index (χ0v) is 14.0. The molecule has 21 heavy (non-hydrogen) atoms. The Kier molecular flexibility index (Phi) is 5.51. The quantitative estimate of drug-likeness (QED) is 0.713. The topological polar surface area (TPSA) is 27.7 Å². The Bertz CT molecular complexity index is 559. The molecule has 0 N–H and O–H groups in total. The lowest BCUT2D eigenvalue weighted by atomic mass is 10.0. The molecule has 0 heterocycles. The highest BCUT2D eigenvalue weighted by molar-refractivity contribution is 9.09. The molecule has 0 aliphatic carbocycles. The number of ether oxygens (including phenoxy) is 3. The van der Waals surface area contributed by atoms with Gasteiger partial charge < -0.3 is 14.2 Å². The summed E-state index contributed by atoms with van der Waals surface area (Å²) in [6, 6.07) is 13.9. The highest BCUT2D eigenvalue weighted by Gasteiger charge is 2.13. The second kappa shape index (κ2) is 7.36. The van der Waals surface area contributed by atoms with E-state index >= 15 is 0 Å². The maximum atomic E-state index is 5.46. The van der Waals surface area contributed by atoms with Crippen LogP contribution < -0.4 is 14.2 Å². The SMILES string of the molecule is CCOc1ccc(C(Br)c2cc(OC)cc(OC)c2)cc1. The second-order valence-corrected chi connectivity index (χ2v) is 5.43. The van der Waals surface area contributed by atoms with Crippen molar-refractivity contribution in [1.29, 1.82) is 0 Å². The van der Waals surface area contributed by atoms with E-state index in [1.165, 1.54) is 0 Å². The standard InChI is InChI=1S/C17H19BrO3/c1-4-21-14-7-5-12(6-8-14)17(18)13-9-15(19-2)11-16(10-13)20-3/h5-11,17H,4H2,1-3H3. The fourth-order valence-corrected chi connectivity index (χ4v) is 2.64. The van der Waals surface area contributed by atoms with Crippen molar-refractivity contribution in [3.05, 3.63) is 53.6 Å². The van der Waals surface area contributed by atoms with Crippen LogP contribution in [0.1, 0.15) is 22.9 Å². The second-order valence-electron chi connectivity index (χ2n) is 4.51. The summed E-state index contributed by atoms with van der Waals surface area (Å²) in [5.74, 6) is 2.43. The molecule has 2 aromatic rings. The molecule has 0 bridgehead atoms. The fraction of sp³-hybridized carbons (Fsp3) is 0.294. The van der Waals surface area contributed by atoms with Crippen molar-refractivity contribution >= 4 is 15.9 Å². The van der Waals surface area contributed by atoms with Crippen molar-refractivity contribution in [3.63, 3.8) is 0 Å². The zero-order valence-electron chi connectivity index (χ0n) is 12.4. The minimum Gasteiger partial charge on any atom is -0.497 e. The number of hydrogen-bond acceptors (Lipinski definition) is 3. The van der Waals surface area contributed by atoms with Gasteiger partial charge in [-0.3, -0.25) is 0 Å². The van der Waals surface area contributed by atoms with Gasteiger partial charge in [-0.2, -0.15) is 0 Å². The minimum absolute atomic E-state index is 0.0668. The maximum Gasteiger partial charge on any atom is 0.122 e. The van der Waals surface area contributed by atoms with Gasteiger partial charge in [-0.1, -0.05) is 28.1 Å². The lowest BCUT2D eigenvalue weighted by molar-refractivity contribution is 0.340. The van der Waals surface area contributed by atoms with Crippen LogP contribution in [0.25, 0.3) is 0 Å². The summed E-state index contributed by atoms with van der Waals surface area (Å²) in [5.41, 5.74) is 2.23. The van der Waals surface area contributed by atoms with E-state index in [0.717, 1.165) is 28.4 Å². The number of benzene rings is 2. The van der Waals surface area contributed by atoms with Crippen molar-refractivity contribution in [3.8, 4) is 17.2 Å². The van der Waals surface area contributed by atoms with Crippen LogP contribution >= 0.6 is 15.9 Å². The molecule has 4 heteroatoms. The lowest BCUT2D eigenvalue weighted by Crippen LogP contribution is -1.97. The Morgan fingerprint density at radius 1 is 0.857 bits per heavy atom. The predicted octanol–water partition coefficient (Wildman–Crippen LogP) is 4.59. The number of methoxy groups -OCH3 is 2. The van der Waals surface area contributed by atoms with Gasteiger partial charge in [-0.15, -0.1) is 0 Å². The third-order valence-electron chi connectivity index (χ3n) is 3.15. The molecule has 3 nitrogen and oxygen atoms in total. The summed E-state index contributed by atoms with van der Waals surface area (Å²) in [7, 11) is 3.30. The van der Waals surface area contributed by atoms with E-state index in [4.69, 9.17) is 14.2 Å². The molecule has 1 unspecified atom stereocenters. The molecule has 0 spiro atoms. The molecule has 2 rings (SSSR count). The first kappa shape index (κ1) is 15.7. The zero-order chi connectivity index (χ0) is 15.2. The van der Waals surface area contributed by atoms with Crippen LogP contribution in [0.4, 0.5) is 0 Å². The van der Waals surface area contributed by atoms with E-state index in [2.05, 4.69) is 28.1 Å². The van der Waals surface area contributed by atoms with Crippen molar-refractivity contribution in [1.82, 2.24) is 0 Å². The van der Waals surface area contributed by atoms with Crippen LogP contribution in [0.2, 0.25) is 0 Å². The van der Waals surface area contributed by atoms with E-state index in [1.807, 2.05) is 37.3 Å². The van der Waals surface area contributed by atoms with E-state index in [0.29, 0.717) is 6.61 Å². The maximum absolute atomic E-state index is 5.46. The smallest absolute Gasteiger partial charge is 0.122 e. The molecule has 0 amide bonds. The Morgan fingerprint density at radius 3 is 1.90 bits per heavy atom. The molecule has 0 aromatic heterocycles. The van der Waals surface area contributed by atoms with Crippen LogP contribution in [-0.2, 0) is 0 Å². The summed E-state index contributed by atoms with van der Waals surface area (Å²) in [5, 5.41) is 0. The van der Waals surface area contributed by atoms with E-state index in [9.17, 15) is 0 Å². The van der Waals surface area contributed by atoms with Crippen molar-refractivity contribution in [2.75, 3.05) is 20.8 Å². The van der Waals surface area contributed by atoms with Gasteiger partial charge in [0.1, 0.15) is 17.2 Å². The molecule has 0 aliphatic heterocycles. The lowest BCUT2D eigenvalue weighted by Gasteiger charge is -2.14. The van der Waals surface area contributed by atoms with Gasteiger partial charge in [0.05, 0.1) is 25.7 Å². The summed E-state index contributed by atoms with van der Waals surface area (Å²) < 4.78 is 16.1. The third kappa shape index (κ3) is 3.91. The van der Waals surface area contributed by atoms with Crippen LogP contribution in [0.5, 0.6) is 17.2 Å². The van der Waals surface area contributed by atoms with Gasteiger partial charge >= 0.3 is 0 Å². The monoisotopic (exact) mass is 350 g/mol. The normalized spacial score (nSPS) is 11.8. The molecule has 0 fully saturated rings. The van der Waals surface area contributed by atoms with Crippen molar-refractivity contribution < 1.29 is 14.2 Å². The van der Waals surface area contributed by atoms with Gasteiger partial charge in [0, 0.05) is 6.07 Å². The predicted molar refractivity (Wildman–Crippen MR) is 87.9 cm³/mol. The van der Waals surface area contributed by atoms with Gasteiger partial charge in [-0.25, -0.2) is 0 Å². The molecule has 112 valence electrons. The summed E-state index contributed by atoms with van der Waals surface area (Å²) >= 11 is 3.73. The highest BCUT2D eigenvalue weighted by Crippen LogP contribution is 2.35. The van der Waals surface area contributed by atoms with Crippen molar-refractivity contribution in [2.45, 2.75) is 11.8 Å². The molecule has 2 aromatic carbocycles. The van der Waals surface area contributed by atoms with Gasteiger partial charge in [-0.05, 0) is 42.3 Å². The largest absolute Gasteiger partial charge is 0.497 e. The molecular weight excluding hydrogens is 332 g/mol. The first-order valence-electron chi connectivity index (χ1n) is 6.77. The van der Waals surface area contributed by atoms with Crippen LogP contribution in [0, 0.1) is 0 Å². The van der Waals surface area contributed by atoms with E-state index in [-0.39, 0.29) is 4.83 Å². The number of rotatable bonds is 6. The Hall–Kier alpha value is -1.68. The van der Waals surface area contributed by atoms with Crippen LogP contribution in [-0.4, -0.2) is 20.8 Å². The molecule has 0 saturated heterocycles. The third-order valence-corrected chi connectivity index (χ3v) is 4.21.